The van der Waals surface area contributed by atoms with E-state index in [0.29, 0.717) is 4.99 Å². The molecule has 0 saturated heterocycles. The van der Waals surface area contributed by atoms with Crippen molar-refractivity contribution in [1.29, 1.82) is 0 Å². The highest BCUT2D eigenvalue weighted by Crippen LogP contribution is 2.35. The molecule has 0 fully saturated rings. The van der Waals surface area contributed by atoms with Crippen molar-refractivity contribution in [2.45, 2.75) is 57.4 Å². The zero-order valence-corrected chi connectivity index (χ0v) is 13.7. The number of carbonyl (C=O) groups excluding carboxylic acids is 1. The van der Waals surface area contributed by atoms with Crippen LogP contribution in [0.1, 0.15) is 55.9 Å². The molecular formula is C15H22N2OS2. The van der Waals surface area contributed by atoms with Gasteiger partial charge in [0.2, 0.25) is 5.91 Å². The lowest BCUT2D eigenvalue weighted by Gasteiger charge is -2.34. The fraction of sp³-hybridized carbons (Fsp3) is 0.600. The largest absolute Gasteiger partial charge is 0.391 e. The Morgan fingerprint density at radius 2 is 2.25 bits per heavy atom. The second kappa shape index (κ2) is 6.22. The monoisotopic (exact) mass is 310 g/mol. The van der Waals surface area contributed by atoms with Crippen LogP contribution in [0.25, 0.3) is 0 Å². The van der Waals surface area contributed by atoms with Crippen molar-refractivity contribution < 1.29 is 4.79 Å². The van der Waals surface area contributed by atoms with Crippen molar-refractivity contribution in [3.05, 3.63) is 21.9 Å². The van der Waals surface area contributed by atoms with E-state index in [1.54, 1.807) is 11.3 Å². The van der Waals surface area contributed by atoms with Crippen molar-refractivity contribution in [1.82, 2.24) is 5.32 Å². The van der Waals surface area contributed by atoms with Gasteiger partial charge in [-0.05, 0) is 49.1 Å². The highest BCUT2D eigenvalue weighted by Gasteiger charge is 2.35. The minimum atomic E-state index is -0.542. The van der Waals surface area contributed by atoms with E-state index in [0.717, 1.165) is 32.1 Å². The maximum absolute atomic E-state index is 12.7. The van der Waals surface area contributed by atoms with Gasteiger partial charge in [0.1, 0.15) is 0 Å². The molecule has 0 bridgehead atoms. The van der Waals surface area contributed by atoms with E-state index in [2.05, 4.69) is 16.8 Å². The highest BCUT2D eigenvalue weighted by molar-refractivity contribution is 7.80. The van der Waals surface area contributed by atoms with Gasteiger partial charge in [-0.2, -0.15) is 0 Å². The fourth-order valence-electron chi connectivity index (χ4n) is 2.92. The molecular weight excluding hydrogens is 288 g/mol. The Hall–Kier alpha value is -0.940. The number of aryl methyl sites for hydroxylation is 1. The predicted octanol–water partition coefficient (Wildman–Crippen LogP) is 3.13. The van der Waals surface area contributed by atoms with Crippen LogP contribution in [0.15, 0.2) is 11.4 Å². The normalized spacial score (nSPS) is 18.4. The average molecular weight is 310 g/mol. The molecule has 1 heterocycles. The SMILES string of the molecule is CCC(CC)(NC(=O)C1CCCc2sccc21)C(N)=S. The molecule has 0 aromatic carbocycles. The van der Waals surface area contributed by atoms with Gasteiger partial charge in [-0.1, -0.05) is 26.1 Å². The molecule has 110 valence electrons. The number of nitrogens with two attached hydrogens (primary N) is 1. The van der Waals surface area contributed by atoms with Crippen LogP contribution in [0.2, 0.25) is 0 Å². The molecule has 5 heteroatoms. The molecule has 0 aliphatic heterocycles. The zero-order valence-electron chi connectivity index (χ0n) is 12.1. The van der Waals surface area contributed by atoms with Crippen molar-refractivity contribution in [3.63, 3.8) is 0 Å². The number of hydrogen-bond acceptors (Lipinski definition) is 3. The number of amides is 1. The lowest BCUT2D eigenvalue weighted by molar-refractivity contribution is -0.124. The topological polar surface area (TPSA) is 55.1 Å². The summed E-state index contributed by atoms with van der Waals surface area (Å²) in [6, 6.07) is 2.09. The van der Waals surface area contributed by atoms with Crippen LogP contribution in [0, 0.1) is 0 Å². The Kier molecular flexibility index (Phi) is 4.81. The van der Waals surface area contributed by atoms with Gasteiger partial charge in [0.05, 0.1) is 16.4 Å². The number of thiophene rings is 1. The number of nitrogens with one attached hydrogen (secondary N) is 1. The molecule has 3 N–H and O–H groups in total. The van der Waals surface area contributed by atoms with Gasteiger partial charge >= 0.3 is 0 Å². The molecule has 1 aromatic rings. The van der Waals surface area contributed by atoms with Crippen LogP contribution in [-0.2, 0) is 11.2 Å². The van der Waals surface area contributed by atoms with Crippen LogP contribution in [0.5, 0.6) is 0 Å². The van der Waals surface area contributed by atoms with Gasteiger partial charge in [0.25, 0.3) is 0 Å². The third kappa shape index (κ3) is 2.74. The van der Waals surface area contributed by atoms with Crippen molar-refractivity contribution in [2.75, 3.05) is 0 Å². The molecule has 20 heavy (non-hydrogen) atoms. The fourth-order valence-corrected chi connectivity index (χ4v) is 4.25. The maximum atomic E-state index is 12.7. The van der Waals surface area contributed by atoms with E-state index < -0.39 is 5.54 Å². The van der Waals surface area contributed by atoms with Gasteiger partial charge in [0.15, 0.2) is 0 Å². The summed E-state index contributed by atoms with van der Waals surface area (Å²) in [5, 5.41) is 5.21. The molecule has 0 spiro atoms. The first-order chi connectivity index (χ1) is 9.54. The molecule has 3 nitrogen and oxygen atoms in total. The molecule has 0 radical (unpaired) electrons. The smallest absolute Gasteiger partial charge is 0.228 e. The Morgan fingerprint density at radius 3 is 2.85 bits per heavy atom. The summed E-state index contributed by atoms with van der Waals surface area (Å²) in [6.45, 7) is 4.03. The number of thiocarbonyl (C=S) groups is 1. The molecule has 1 unspecified atom stereocenters. The van der Waals surface area contributed by atoms with Gasteiger partial charge in [-0.3, -0.25) is 4.79 Å². The van der Waals surface area contributed by atoms with Crippen molar-refractivity contribution in [2.24, 2.45) is 5.73 Å². The second-order valence-corrected chi connectivity index (χ2v) is 6.83. The third-order valence-corrected chi connectivity index (χ3v) is 5.80. The third-order valence-electron chi connectivity index (χ3n) is 4.41. The van der Waals surface area contributed by atoms with E-state index in [1.165, 1.54) is 10.4 Å². The molecule has 2 rings (SSSR count). The minimum Gasteiger partial charge on any atom is -0.391 e. The van der Waals surface area contributed by atoms with Crippen LogP contribution >= 0.6 is 23.6 Å². The standard InChI is InChI=1S/C15H22N2OS2/c1-3-15(4-2,14(16)19)17-13(18)11-6-5-7-12-10(11)8-9-20-12/h8-9,11H,3-7H2,1-2H3,(H2,16,19)(H,17,18). The first-order valence-electron chi connectivity index (χ1n) is 7.22. The number of carbonyl (C=O) groups is 1. The number of rotatable bonds is 5. The van der Waals surface area contributed by atoms with E-state index in [1.807, 2.05) is 13.8 Å². The molecule has 1 aromatic heterocycles. The van der Waals surface area contributed by atoms with Crippen LogP contribution in [-0.4, -0.2) is 16.4 Å². The summed E-state index contributed by atoms with van der Waals surface area (Å²) < 4.78 is 0. The lowest BCUT2D eigenvalue weighted by Crippen LogP contribution is -2.57. The first kappa shape index (κ1) is 15.4. The van der Waals surface area contributed by atoms with Crippen LogP contribution in [0.4, 0.5) is 0 Å². The van der Waals surface area contributed by atoms with E-state index >= 15 is 0 Å². The summed E-state index contributed by atoms with van der Waals surface area (Å²) >= 11 is 6.93. The maximum Gasteiger partial charge on any atom is 0.228 e. The summed E-state index contributed by atoms with van der Waals surface area (Å²) in [5.74, 6) is 0.0256. The Bertz CT molecular complexity index is 506. The molecule has 1 atom stereocenters. The summed E-state index contributed by atoms with van der Waals surface area (Å²) in [6.07, 6.45) is 4.54. The molecule has 1 amide bonds. The van der Waals surface area contributed by atoms with Gasteiger partial charge in [-0.15, -0.1) is 11.3 Å². The summed E-state index contributed by atoms with van der Waals surface area (Å²) in [5.41, 5.74) is 6.52. The summed E-state index contributed by atoms with van der Waals surface area (Å²) in [4.78, 5) is 14.4. The minimum absolute atomic E-state index is 0.0446. The van der Waals surface area contributed by atoms with Gasteiger partial charge in [-0.25, -0.2) is 0 Å². The predicted molar refractivity (Wildman–Crippen MR) is 88.2 cm³/mol. The van der Waals surface area contributed by atoms with Crippen molar-refractivity contribution >= 4 is 34.5 Å². The lowest BCUT2D eigenvalue weighted by atomic mass is 9.85. The molecule has 1 aliphatic carbocycles. The number of fused-ring (bicyclic) bond motifs is 1. The Labute approximate surface area is 129 Å². The first-order valence-corrected chi connectivity index (χ1v) is 8.51. The highest BCUT2D eigenvalue weighted by atomic mass is 32.1. The quantitative estimate of drug-likeness (QED) is 0.822. The van der Waals surface area contributed by atoms with Gasteiger partial charge in [0, 0.05) is 4.88 Å². The zero-order chi connectivity index (χ0) is 14.8. The number of hydrogen-bond donors (Lipinski definition) is 2. The van der Waals surface area contributed by atoms with Crippen LogP contribution in [0.3, 0.4) is 0 Å². The second-order valence-electron chi connectivity index (χ2n) is 5.39. The van der Waals surface area contributed by atoms with Gasteiger partial charge < -0.3 is 11.1 Å². The van der Waals surface area contributed by atoms with E-state index in [9.17, 15) is 4.79 Å². The van der Waals surface area contributed by atoms with Crippen molar-refractivity contribution in [3.8, 4) is 0 Å². The van der Waals surface area contributed by atoms with E-state index in [-0.39, 0.29) is 11.8 Å². The van der Waals surface area contributed by atoms with E-state index in [4.69, 9.17) is 18.0 Å². The average Bonchev–Trinajstić information content (AvgIpc) is 2.92. The summed E-state index contributed by atoms with van der Waals surface area (Å²) in [7, 11) is 0. The Morgan fingerprint density at radius 1 is 1.55 bits per heavy atom. The Balaban J connectivity index is 2.19. The molecule has 1 aliphatic rings. The van der Waals surface area contributed by atoms with Crippen LogP contribution < -0.4 is 11.1 Å². The molecule has 0 saturated carbocycles.